The number of hydrogen-bond acceptors (Lipinski definition) is 5. The van der Waals surface area contributed by atoms with Crippen LogP contribution in [0.2, 0.25) is 0 Å². The van der Waals surface area contributed by atoms with Gasteiger partial charge in [0.05, 0.1) is 0 Å². The molecule has 100 valence electrons. The average molecular weight is 249 g/mol. The summed E-state index contributed by atoms with van der Waals surface area (Å²) in [5, 5.41) is 6.60. The molecule has 1 saturated heterocycles. The third kappa shape index (κ3) is 3.10. The van der Waals surface area contributed by atoms with Crippen LogP contribution in [0.1, 0.15) is 32.0 Å². The van der Waals surface area contributed by atoms with Gasteiger partial charge in [-0.1, -0.05) is 13.8 Å². The molecule has 1 aliphatic heterocycles. The zero-order chi connectivity index (χ0) is 13.1. The molecule has 0 aliphatic carbocycles. The Bertz CT molecular complexity index is 404. The van der Waals surface area contributed by atoms with Crippen molar-refractivity contribution >= 4 is 11.6 Å². The second-order valence-corrected chi connectivity index (χ2v) is 5.29. The Hall–Kier alpha value is -1.36. The summed E-state index contributed by atoms with van der Waals surface area (Å²) in [5.74, 6) is 3.03. The van der Waals surface area contributed by atoms with E-state index in [1.54, 1.807) is 0 Å². The fraction of sp³-hybridized carbons (Fsp3) is 0.692. The molecule has 2 heterocycles. The molecular weight excluding hydrogens is 226 g/mol. The zero-order valence-electron chi connectivity index (χ0n) is 11.7. The Morgan fingerprint density at radius 3 is 2.61 bits per heavy atom. The summed E-state index contributed by atoms with van der Waals surface area (Å²) in [6.45, 7) is 6.46. The summed E-state index contributed by atoms with van der Waals surface area (Å²) in [7, 11) is 4.04. The van der Waals surface area contributed by atoms with Gasteiger partial charge in [0.2, 0.25) is 0 Å². The Morgan fingerprint density at radius 2 is 2.06 bits per heavy atom. The van der Waals surface area contributed by atoms with Crippen molar-refractivity contribution in [1.29, 1.82) is 0 Å². The van der Waals surface area contributed by atoms with Crippen LogP contribution in [0.15, 0.2) is 6.07 Å². The van der Waals surface area contributed by atoms with Gasteiger partial charge in [-0.15, -0.1) is 0 Å². The standard InChI is InChI=1S/C13H23N5/c1-9(2)13-16-11(14-3)7-12(17-13)15-10-5-6-18(4)8-10/h7,9-10H,5-6,8H2,1-4H3,(H2,14,15,16,17). The lowest BCUT2D eigenvalue weighted by atomic mass is 10.2. The van der Waals surface area contributed by atoms with E-state index in [1.807, 2.05) is 13.1 Å². The normalized spacial score (nSPS) is 20.4. The van der Waals surface area contributed by atoms with Gasteiger partial charge in [0.1, 0.15) is 17.5 Å². The molecular formula is C13H23N5. The SMILES string of the molecule is CNc1cc(NC2CCN(C)C2)nc(C(C)C)n1. The van der Waals surface area contributed by atoms with Crippen molar-refractivity contribution in [3.63, 3.8) is 0 Å². The minimum atomic E-state index is 0.338. The Morgan fingerprint density at radius 1 is 1.33 bits per heavy atom. The number of nitrogens with zero attached hydrogens (tertiary/aromatic N) is 3. The molecule has 1 aromatic heterocycles. The zero-order valence-corrected chi connectivity index (χ0v) is 11.7. The fourth-order valence-corrected chi connectivity index (χ4v) is 2.19. The molecule has 5 nitrogen and oxygen atoms in total. The molecule has 2 N–H and O–H groups in total. The summed E-state index contributed by atoms with van der Waals surface area (Å²) in [4.78, 5) is 11.4. The topological polar surface area (TPSA) is 53.1 Å². The van der Waals surface area contributed by atoms with Gasteiger partial charge in [-0.2, -0.15) is 0 Å². The second-order valence-electron chi connectivity index (χ2n) is 5.29. The van der Waals surface area contributed by atoms with Gasteiger partial charge < -0.3 is 15.5 Å². The van der Waals surface area contributed by atoms with Crippen molar-refractivity contribution in [1.82, 2.24) is 14.9 Å². The van der Waals surface area contributed by atoms with Crippen LogP contribution in [0.4, 0.5) is 11.6 Å². The van der Waals surface area contributed by atoms with E-state index >= 15 is 0 Å². The number of rotatable bonds is 4. The van der Waals surface area contributed by atoms with Crippen LogP contribution in [0.5, 0.6) is 0 Å². The van der Waals surface area contributed by atoms with Crippen molar-refractivity contribution in [2.45, 2.75) is 32.2 Å². The van der Waals surface area contributed by atoms with Crippen LogP contribution >= 0.6 is 0 Å². The van der Waals surface area contributed by atoms with E-state index in [1.165, 1.54) is 6.42 Å². The van der Waals surface area contributed by atoms with E-state index in [4.69, 9.17) is 0 Å². The smallest absolute Gasteiger partial charge is 0.135 e. The summed E-state index contributed by atoms with van der Waals surface area (Å²) in [5.41, 5.74) is 0. The number of anilines is 2. The predicted molar refractivity (Wildman–Crippen MR) is 75.2 cm³/mol. The lowest BCUT2D eigenvalue weighted by Gasteiger charge is -2.16. The van der Waals surface area contributed by atoms with Gasteiger partial charge in [0, 0.05) is 31.6 Å². The molecule has 2 rings (SSSR count). The third-order valence-corrected chi connectivity index (χ3v) is 3.26. The summed E-state index contributed by atoms with van der Waals surface area (Å²) >= 11 is 0. The van der Waals surface area contributed by atoms with Gasteiger partial charge >= 0.3 is 0 Å². The molecule has 1 aliphatic rings. The largest absolute Gasteiger partial charge is 0.373 e. The van der Waals surface area contributed by atoms with E-state index < -0.39 is 0 Å². The predicted octanol–water partition coefficient (Wildman–Crippen LogP) is 1.76. The van der Waals surface area contributed by atoms with Gasteiger partial charge in [0.25, 0.3) is 0 Å². The number of likely N-dealkylation sites (tertiary alicyclic amines) is 1. The minimum absolute atomic E-state index is 0.338. The van der Waals surface area contributed by atoms with E-state index in [0.29, 0.717) is 12.0 Å². The summed E-state index contributed by atoms with van der Waals surface area (Å²) < 4.78 is 0. The number of nitrogens with one attached hydrogen (secondary N) is 2. The molecule has 5 heteroatoms. The maximum absolute atomic E-state index is 4.59. The molecule has 0 bridgehead atoms. The van der Waals surface area contributed by atoms with E-state index in [2.05, 4.69) is 46.4 Å². The maximum atomic E-state index is 4.59. The van der Waals surface area contributed by atoms with Crippen molar-refractivity contribution in [2.75, 3.05) is 37.8 Å². The fourth-order valence-electron chi connectivity index (χ4n) is 2.19. The molecule has 1 fully saturated rings. The van der Waals surface area contributed by atoms with Gasteiger partial charge in [-0.25, -0.2) is 9.97 Å². The highest BCUT2D eigenvalue weighted by atomic mass is 15.2. The lowest BCUT2D eigenvalue weighted by molar-refractivity contribution is 0.414. The Kier molecular flexibility index (Phi) is 4.01. The van der Waals surface area contributed by atoms with Crippen molar-refractivity contribution in [3.05, 3.63) is 11.9 Å². The highest BCUT2D eigenvalue weighted by molar-refractivity contribution is 5.48. The molecule has 1 aromatic rings. The first-order valence-corrected chi connectivity index (χ1v) is 6.60. The van der Waals surface area contributed by atoms with Crippen LogP contribution in [0.3, 0.4) is 0 Å². The van der Waals surface area contributed by atoms with Gasteiger partial charge in [-0.3, -0.25) is 0 Å². The van der Waals surface area contributed by atoms with E-state index in [-0.39, 0.29) is 0 Å². The van der Waals surface area contributed by atoms with E-state index in [0.717, 1.165) is 30.5 Å². The highest BCUT2D eigenvalue weighted by Crippen LogP contribution is 2.19. The third-order valence-electron chi connectivity index (χ3n) is 3.26. The minimum Gasteiger partial charge on any atom is -0.373 e. The maximum Gasteiger partial charge on any atom is 0.135 e. The number of hydrogen-bond donors (Lipinski definition) is 2. The Balaban J connectivity index is 2.13. The second kappa shape index (κ2) is 5.52. The molecule has 1 unspecified atom stereocenters. The van der Waals surface area contributed by atoms with Crippen LogP contribution in [0.25, 0.3) is 0 Å². The quantitative estimate of drug-likeness (QED) is 0.851. The average Bonchev–Trinajstić information content (AvgIpc) is 2.74. The molecule has 18 heavy (non-hydrogen) atoms. The molecule has 0 spiro atoms. The van der Waals surface area contributed by atoms with Gasteiger partial charge in [0.15, 0.2) is 0 Å². The molecule has 1 atom stereocenters. The van der Waals surface area contributed by atoms with Crippen molar-refractivity contribution in [3.8, 4) is 0 Å². The van der Waals surface area contributed by atoms with Gasteiger partial charge in [-0.05, 0) is 20.0 Å². The van der Waals surface area contributed by atoms with Crippen molar-refractivity contribution in [2.24, 2.45) is 0 Å². The summed E-state index contributed by atoms with van der Waals surface area (Å²) in [6.07, 6.45) is 1.17. The van der Waals surface area contributed by atoms with Crippen molar-refractivity contribution < 1.29 is 0 Å². The molecule has 0 amide bonds. The van der Waals surface area contributed by atoms with Crippen LogP contribution in [-0.2, 0) is 0 Å². The van der Waals surface area contributed by atoms with Crippen LogP contribution in [-0.4, -0.2) is 48.1 Å². The Labute approximate surface area is 109 Å². The number of aromatic nitrogens is 2. The molecule has 0 radical (unpaired) electrons. The lowest BCUT2D eigenvalue weighted by Crippen LogP contribution is -2.24. The first-order chi connectivity index (χ1) is 8.58. The first-order valence-electron chi connectivity index (χ1n) is 6.60. The molecule has 0 aromatic carbocycles. The van der Waals surface area contributed by atoms with E-state index in [9.17, 15) is 0 Å². The van der Waals surface area contributed by atoms with Crippen LogP contribution < -0.4 is 10.6 Å². The highest BCUT2D eigenvalue weighted by Gasteiger charge is 2.20. The molecule has 0 saturated carbocycles. The monoisotopic (exact) mass is 249 g/mol. The van der Waals surface area contributed by atoms with Crippen LogP contribution in [0, 0.1) is 0 Å². The first kappa shape index (κ1) is 13.1. The number of likely N-dealkylation sites (N-methyl/N-ethyl adjacent to an activating group) is 1. The summed E-state index contributed by atoms with van der Waals surface area (Å²) in [6, 6.07) is 2.47.